The maximum Gasteiger partial charge on any atom is 0.573 e. The molecule has 1 aromatic carbocycles. The second-order valence-corrected chi connectivity index (χ2v) is 5.94. The second-order valence-electron chi connectivity index (χ2n) is 5.94. The van der Waals surface area contributed by atoms with Crippen molar-refractivity contribution in [2.75, 3.05) is 26.8 Å². The second kappa shape index (κ2) is 9.05. The normalized spacial score (nSPS) is 18.0. The summed E-state index contributed by atoms with van der Waals surface area (Å²) < 4.78 is 45.4. The van der Waals surface area contributed by atoms with Crippen LogP contribution >= 0.6 is 0 Å². The number of methoxy groups -OCH3 is 1. The smallest absolute Gasteiger partial charge is 0.406 e. The van der Waals surface area contributed by atoms with E-state index in [1.165, 1.54) is 12.1 Å². The number of rotatable bonds is 9. The number of carbonyl (C=O) groups excluding carboxylic acids is 1. The number of alkyl halides is 3. The van der Waals surface area contributed by atoms with Crippen molar-refractivity contribution >= 4 is 5.91 Å². The van der Waals surface area contributed by atoms with Gasteiger partial charge in [-0.05, 0) is 37.1 Å². The molecule has 1 amide bonds. The minimum absolute atomic E-state index is 0.0810. The molecule has 1 fully saturated rings. The molecule has 1 N–H and O–H groups in total. The van der Waals surface area contributed by atoms with E-state index in [1.807, 2.05) is 0 Å². The lowest BCUT2D eigenvalue weighted by Crippen LogP contribution is -2.35. The standard InChI is InChI=1S/C17H23F3N2O3/c1-24-11-10-21-9-8-14-4-7-16(23)22(14)12-13-2-5-15(6-3-13)25-17(18,19)20/h2-3,5-6,14,21H,4,7-12H2,1H3/t14-/m0/s1. The number of carbonyl (C=O) groups is 1. The molecule has 1 atom stereocenters. The van der Waals surface area contributed by atoms with E-state index in [9.17, 15) is 18.0 Å². The fourth-order valence-electron chi connectivity index (χ4n) is 2.87. The van der Waals surface area contributed by atoms with Crippen LogP contribution in [0.25, 0.3) is 0 Å². The molecule has 5 nitrogen and oxygen atoms in total. The summed E-state index contributed by atoms with van der Waals surface area (Å²) >= 11 is 0. The van der Waals surface area contributed by atoms with Gasteiger partial charge in [-0.25, -0.2) is 0 Å². The van der Waals surface area contributed by atoms with Crippen molar-refractivity contribution in [2.24, 2.45) is 0 Å². The summed E-state index contributed by atoms with van der Waals surface area (Å²) in [6, 6.07) is 5.80. The molecule has 0 unspecified atom stereocenters. The third kappa shape index (κ3) is 6.55. The largest absolute Gasteiger partial charge is 0.573 e. The van der Waals surface area contributed by atoms with Crippen molar-refractivity contribution in [3.63, 3.8) is 0 Å². The zero-order valence-electron chi connectivity index (χ0n) is 14.1. The number of ether oxygens (including phenoxy) is 2. The van der Waals surface area contributed by atoms with Crippen molar-refractivity contribution in [1.29, 1.82) is 0 Å². The van der Waals surface area contributed by atoms with E-state index >= 15 is 0 Å². The van der Waals surface area contributed by atoms with Gasteiger partial charge in [0, 0.05) is 32.7 Å². The summed E-state index contributed by atoms with van der Waals surface area (Å²) in [6.45, 7) is 2.58. The molecule has 1 heterocycles. The quantitative estimate of drug-likeness (QED) is 0.688. The van der Waals surface area contributed by atoms with E-state index in [0.717, 1.165) is 31.5 Å². The Balaban J connectivity index is 1.87. The Bertz CT molecular complexity index is 549. The van der Waals surface area contributed by atoms with E-state index in [2.05, 4.69) is 10.1 Å². The summed E-state index contributed by atoms with van der Waals surface area (Å²) in [5.41, 5.74) is 0.780. The zero-order chi connectivity index (χ0) is 18.3. The molecule has 8 heteroatoms. The van der Waals surface area contributed by atoms with Gasteiger partial charge in [0.1, 0.15) is 5.75 Å². The lowest BCUT2D eigenvalue weighted by atomic mass is 10.1. The summed E-state index contributed by atoms with van der Waals surface area (Å²) in [4.78, 5) is 13.9. The predicted octanol–water partition coefficient (Wildman–Crippen LogP) is 2.70. The highest BCUT2D eigenvalue weighted by Crippen LogP contribution is 2.26. The van der Waals surface area contributed by atoms with E-state index in [0.29, 0.717) is 19.6 Å². The Labute approximate surface area is 145 Å². The number of likely N-dealkylation sites (tertiary alicyclic amines) is 1. The number of hydrogen-bond acceptors (Lipinski definition) is 4. The third-order valence-corrected chi connectivity index (χ3v) is 4.10. The molecule has 0 aliphatic carbocycles. The average molecular weight is 360 g/mol. The van der Waals surface area contributed by atoms with Crippen LogP contribution in [0.1, 0.15) is 24.8 Å². The molecular formula is C17H23F3N2O3. The fraction of sp³-hybridized carbons (Fsp3) is 0.588. The van der Waals surface area contributed by atoms with Crippen LogP contribution in [0.4, 0.5) is 13.2 Å². The first-order valence-corrected chi connectivity index (χ1v) is 8.23. The third-order valence-electron chi connectivity index (χ3n) is 4.10. The Hall–Kier alpha value is -1.80. The molecule has 140 valence electrons. The van der Waals surface area contributed by atoms with Gasteiger partial charge in [0.2, 0.25) is 5.91 Å². The SMILES string of the molecule is COCCNCC[C@@H]1CCC(=O)N1Cc1ccc(OC(F)(F)F)cc1. The van der Waals surface area contributed by atoms with E-state index in [-0.39, 0.29) is 17.7 Å². The Morgan fingerprint density at radius 3 is 2.60 bits per heavy atom. The van der Waals surface area contributed by atoms with Gasteiger partial charge >= 0.3 is 6.36 Å². The van der Waals surface area contributed by atoms with Gasteiger partial charge in [0.25, 0.3) is 0 Å². The Morgan fingerprint density at radius 2 is 1.96 bits per heavy atom. The van der Waals surface area contributed by atoms with Gasteiger partial charge in [-0.1, -0.05) is 12.1 Å². The zero-order valence-corrected chi connectivity index (χ0v) is 14.1. The van der Waals surface area contributed by atoms with Crippen LogP contribution < -0.4 is 10.1 Å². The van der Waals surface area contributed by atoms with Gasteiger partial charge in [0.15, 0.2) is 0 Å². The molecule has 2 rings (SSSR count). The van der Waals surface area contributed by atoms with Crippen LogP contribution in [0, 0.1) is 0 Å². The van der Waals surface area contributed by atoms with Crippen molar-refractivity contribution in [2.45, 2.75) is 38.2 Å². The molecule has 1 saturated heterocycles. The van der Waals surface area contributed by atoms with Crippen LogP contribution in [-0.4, -0.2) is 50.0 Å². The first kappa shape index (κ1) is 19.5. The van der Waals surface area contributed by atoms with Crippen LogP contribution in [0.3, 0.4) is 0 Å². The van der Waals surface area contributed by atoms with Crippen LogP contribution in [0.5, 0.6) is 5.75 Å². The molecular weight excluding hydrogens is 337 g/mol. The minimum atomic E-state index is -4.70. The van der Waals surface area contributed by atoms with Crippen molar-refractivity contribution in [3.05, 3.63) is 29.8 Å². The molecule has 1 aliphatic rings. The highest BCUT2D eigenvalue weighted by atomic mass is 19.4. The topological polar surface area (TPSA) is 50.8 Å². The summed E-state index contributed by atoms with van der Waals surface area (Å²) in [5, 5.41) is 3.26. The summed E-state index contributed by atoms with van der Waals surface area (Å²) in [7, 11) is 1.64. The number of benzene rings is 1. The van der Waals surface area contributed by atoms with Gasteiger partial charge in [0.05, 0.1) is 6.61 Å². The maximum atomic E-state index is 12.2. The maximum absolute atomic E-state index is 12.2. The van der Waals surface area contributed by atoms with Gasteiger partial charge in [-0.2, -0.15) is 0 Å². The molecule has 0 saturated carbocycles. The molecule has 0 bridgehead atoms. The first-order valence-electron chi connectivity index (χ1n) is 8.23. The van der Waals surface area contributed by atoms with Crippen LogP contribution in [0.2, 0.25) is 0 Å². The summed E-state index contributed by atoms with van der Waals surface area (Å²) in [6.07, 6.45) is -2.55. The van der Waals surface area contributed by atoms with Gasteiger partial charge in [-0.15, -0.1) is 13.2 Å². The summed E-state index contributed by atoms with van der Waals surface area (Å²) in [5.74, 6) is -0.180. The highest BCUT2D eigenvalue weighted by molar-refractivity contribution is 5.78. The average Bonchev–Trinajstić information content (AvgIpc) is 2.88. The monoisotopic (exact) mass is 360 g/mol. The van der Waals surface area contributed by atoms with Crippen molar-refractivity contribution in [3.8, 4) is 5.75 Å². The fourth-order valence-corrected chi connectivity index (χ4v) is 2.87. The number of nitrogens with one attached hydrogen (secondary N) is 1. The first-order chi connectivity index (χ1) is 11.9. The van der Waals surface area contributed by atoms with Crippen LogP contribution in [-0.2, 0) is 16.1 Å². The number of amides is 1. The Morgan fingerprint density at radius 1 is 1.24 bits per heavy atom. The van der Waals surface area contributed by atoms with Crippen LogP contribution in [0.15, 0.2) is 24.3 Å². The minimum Gasteiger partial charge on any atom is -0.406 e. The van der Waals surface area contributed by atoms with Crippen molar-refractivity contribution < 1.29 is 27.4 Å². The predicted molar refractivity (Wildman–Crippen MR) is 86.1 cm³/mol. The highest BCUT2D eigenvalue weighted by Gasteiger charge is 2.32. The lowest BCUT2D eigenvalue weighted by molar-refractivity contribution is -0.274. The molecule has 1 aromatic rings. The van der Waals surface area contributed by atoms with Gasteiger partial charge in [-0.3, -0.25) is 4.79 Å². The Kier molecular flexibility index (Phi) is 7.07. The van der Waals surface area contributed by atoms with E-state index in [4.69, 9.17) is 4.74 Å². The van der Waals surface area contributed by atoms with E-state index < -0.39 is 6.36 Å². The molecule has 0 radical (unpaired) electrons. The number of hydrogen-bond donors (Lipinski definition) is 1. The van der Waals surface area contributed by atoms with E-state index in [1.54, 1.807) is 24.1 Å². The molecule has 0 spiro atoms. The van der Waals surface area contributed by atoms with Crippen molar-refractivity contribution in [1.82, 2.24) is 10.2 Å². The number of nitrogens with zero attached hydrogens (tertiary/aromatic N) is 1. The lowest BCUT2D eigenvalue weighted by Gasteiger charge is -2.25. The van der Waals surface area contributed by atoms with Gasteiger partial charge < -0.3 is 19.7 Å². The molecule has 1 aliphatic heterocycles. The molecule has 0 aromatic heterocycles. The molecule has 25 heavy (non-hydrogen) atoms. The number of halogens is 3.